The third-order valence-electron chi connectivity index (χ3n) is 2.91. The Hall–Kier alpha value is -0.330. The van der Waals surface area contributed by atoms with Crippen LogP contribution in [-0.2, 0) is 0 Å². The topological polar surface area (TPSA) is 36.7 Å². The molecule has 0 atom stereocenters. The zero-order valence-corrected chi connectivity index (χ0v) is 12.5. The van der Waals surface area contributed by atoms with Crippen molar-refractivity contribution in [3.63, 3.8) is 0 Å². The van der Waals surface area contributed by atoms with Crippen LogP contribution in [0.25, 0.3) is 0 Å². The van der Waals surface area contributed by atoms with Crippen molar-refractivity contribution in [1.82, 2.24) is 9.80 Å². The van der Waals surface area contributed by atoms with Crippen molar-refractivity contribution in [1.29, 1.82) is 0 Å². The summed E-state index contributed by atoms with van der Waals surface area (Å²) in [7, 11) is 0. The summed E-state index contributed by atoms with van der Waals surface area (Å²) in [4.78, 5) is 16.4. The molecule has 0 saturated carbocycles. The summed E-state index contributed by atoms with van der Waals surface area (Å²) in [5.41, 5.74) is 0.610. The Labute approximate surface area is 117 Å². The molecule has 1 saturated heterocycles. The zero-order valence-electron chi connectivity index (χ0n) is 9.36. The minimum atomic E-state index is 0.0455. The molecule has 2 rings (SSSR count). The van der Waals surface area contributed by atoms with Gasteiger partial charge < -0.3 is 9.32 Å². The molecular weight excluding hydrogens is 352 g/mol. The molecule has 1 aliphatic rings. The number of piperazine rings is 1. The Morgan fingerprint density at radius 1 is 1.35 bits per heavy atom. The van der Waals surface area contributed by atoms with Crippen LogP contribution in [-0.4, -0.2) is 53.8 Å². The standard InChI is InChI=1S/C11H14Br2N2O2/c12-2-3-14-4-6-15(7-5-14)11(16)9-1-8-17-10(9)13/h1,8H,2-7H2. The number of carbonyl (C=O) groups is 1. The van der Waals surface area contributed by atoms with Gasteiger partial charge in [0.25, 0.3) is 5.91 Å². The van der Waals surface area contributed by atoms with Crippen LogP contribution in [0.3, 0.4) is 0 Å². The summed E-state index contributed by atoms with van der Waals surface area (Å²) in [6.07, 6.45) is 1.53. The van der Waals surface area contributed by atoms with E-state index in [0.717, 1.165) is 38.1 Å². The molecule has 1 amide bonds. The second-order valence-corrected chi connectivity index (χ2v) is 5.44. The Bertz CT molecular complexity index is 387. The van der Waals surface area contributed by atoms with Gasteiger partial charge in [0.1, 0.15) is 0 Å². The van der Waals surface area contributed by atoms with Gasteiger partial charge in [-0.2, -0.15) is 0 Å². The highest BCUT2D eigenvalue weighted by Gasteiger charge is 2.24. The van der Waals surface area contributed by atoms with Crippen molar-refractivity contribution in [2.75, 3.05) is 38.1 Å². The first-order chi connectivity index (χ1) is 8.22. The molecule has 1 fully saturated rings. The van der Waals surface area contributed by atoms with Crippen LogP contribution in [0.4, 0.5) is 0 Å². The number of carbonyl (C=O) groups excluding carboxylic acids is 1. The highest BCUT2D eigenvalue weighted by Crippen LogP contribution is 2.20. The van der Waals surface area contributed by atoms with Crippen LogP contribution in [0.15, 0.2) is 21.4 Å². The lowest BCUT2D eigenvalue weighted by atomic mass is 10.2. The minimum Gasteiger partial charge on any atom is -0.457 e. The van der Waals surface area contributed by atoms with Gasteiger partial charge in [-0.15, -0.1) is 0 Å². The van der Waals surface area contributed by atoms with Gasteiger partial charge in [0.2, 0.25) is 0 Å². The Morgan fingerprint density at radius 3 is 2.59 bits per heavy atom. The van der Waals surface area contributed by atoms with Gasteiger partial charge in [-0.1, -0.05) is 15.9 Å². The Morgan fingerprint density at radius 2 is 2.06 bits per heavy atom. The summed E-state index contributed by atoms with van der Waals surface area (Å²) in [5, 5.41) is 0.980. The van der Waals surface area contributed by atoms with Gasteiger partial charge in [-0.05, 0) is 22.0 Å². The maximum atomic E-state index is 12.2. The van der Waals surface area contributed by atoms with Crippen LogP contribution in [0, 0.1) is 0 Å². The molecule has 4 nitrogen and oxygen atoms in total. The minimum absolute atomic E-state index is 0.0455. The SMILES string of the molecule is O=C(c1ccoc1Br)N1CCN(CCBr)CC1. The van der Waals surface area contributed by atoms with Crippen molar-refractivity contribution in [3.8, 4) is 0 Å². The average molecular weight is 366 g/mol. The van der Waals surface area contributed by atoms with Crippen molar-refractivity contribution in [2.45, 2.75) is 0 Å². The fourth-order valence-corrected chi connectivity index (χ4v) is 2.82. The maximum Gasteiger partial charge on any atom is 0.258 e. The predicted molar refractivity (Wildman–Crippen MR) is 72.5 cm³/mol. The summed E-state index contributed by atoms with van der Waals surface area (Å²) < 4.78 is 5.61. The van der Waals surface area contributed by atoms with Gasteiger partial charge in [0.05, 0.1) is 11.8 Å². The van der Waals surface area contributed by atoms with Gasteiger partial charge in [-0.3, -0.25) is 9.69 Å². The van der Waals surface area contributed by atoms with E-state index in [4.69, 9.17) is 4.42 Å². The van der Waals surface area contributed by atoms with E-state index in [1.165, 1.54) is 6.26 Å². The second kappa shape index (κ2) is 6.02. The molecule has 1 aromatic rings. The first kappa shape index (κ1) is 13.1. The van der Waals surface area contributed by atoms with Gasteiger partial charge >= 0.3 is 0 Å². The van der Waals surface area contributed by atoms with Crippen molar-refractivity contribution < 1.29 is 9.21 Å². The molecule has 0 spiro atoms. The van der Waals surface area contributed by atoms with Gasteiger partial charge in [-0.25, -0.2) is 0 Å². The molecule has 1 aromatic heterocycles. The number of hydrogen-bond acceptors (Lipinski definition) is 3. The van der Waals surface area contributed by atoms with Crippen molar-refractivity contribution >= 4 is 37.8 Å². The summed E-state index contributed by atoms with van der Waals surface area (Å²) in [6.45, 7) is 4.48. The summed E-state index contributed by atoms with van der Waals surface area (Å²) in [6, 6.07) is 1.71. The van der Waals surface area contributed by atoms with E-state index in [0.29, 0.717) is 10.2 Å². The first-order valence-corrected chi connectivity index (χ1v) is 7.44. The number of nitrogens with zero attached hydrogens (tertiary/aromatic N) is 2. The van der Waals surface area contributed by atoms with E-state index < -0.39 is 0 Å². The predicted octanol–water partition coefficient (Wildman–Crippen LogP) is 2.19. The highest BCUT2D eigenvalue weighted by molar-refractivity contribution is 9.10. The first-order valence-electron chi connectivity index (χ1n) is 5.53. The normalized spacial score (nSPS) is 17.4. The highest BCUT2D eigenvalue weighted by atomic mass is 79.9. The van der Waals surface area contributed by atoms with Crippen LogP contribution in [0.1, 0.15) is 10.4 Å². The average Bonchev–Trinajstić information content (AvgIpc) is 2.76. The molecule has 0 aliphatic carbocycles. The van der Waals surface area contributed by atoms with E-state index in [9.17, 15) is 4.79 Å². The van der Waals surface area contributed by atoms with Crippen LogP contribution < -0.4 is 0 Å². The van der Waals surface area contributed by atoms with E-state index in [2.05, 4.69) is 36.8 Å². The van der Waals surface area contributed by atoms with Crippen molar-refractivity contribution in [2.24, 2.45) is 0 Å². The molecule has 0 N–H and O–H groups in total. The van der Waals surface area contributed by atoms with E-state index in [1.807, 2.05) is 4.90 Å². The largest absolute Gasteiger partial charge is 0.457 e. The molecule has 1 aliphatic heterocycles. The third kappa shape index (κ3) is 3.11. The van der Waals surface area contributed by atoms with Gasteiger partial charge in [0.15, 0.2) is 4.67 Å². The lowest BCUT2D eigenvalue weighted by Crippen LogP contribution is -2.49. The summed E-state index contributed by atoms with van der Waals surface area (Å²) >= 11 is 6.67. The third-order valence-corrected chi connectivity index (χ3v) is 3.88. The van der Waals surface area contributed by atoms with Crippen molar-refractivity contribution in [3.05, 3.63) is 22.6 Å². The number of alkyl halides is 1. The van der Waals surface area contributed by atoms with Crippen LogP contribution in [0.5, 0.6) is 0 Å². The fraction of sp³-hybridized carbons (Fsp3) is 0.545. The molecular formula is C11H14Br2N2O2. The lowest BCUT2D eigenvalue weighted by Gasteiger charge is -2.34. The number of halogens is 2. The number of amides is 1. The Balaban J connectivity index is 1.93. The smallest absolute Gasteiger partial charge is 0.258 e. The molecule has 17 heavy (non-hydrogen) atoms. The lowest BCUT2D eigenvalue weighted by molar-refractivity contribution is 0.0643. The van der Waals surface area contributed by atoms with E-state index in [1.54, 1.807) is 6.07 Å². The molecule has 0 radical (unpaired) electrons. The summed E-state index contributed by atoms with van der Waals surface area (Å²) in [5.74, 6) is 0.0455. The second-order valence-electron chi connectivity index (χ2n) is 3.93. The molecule has 0 unspecified atom stereocenters. The molecule has 0 bridgehead atoms. The van der Waals surface area contributed by atoms with E-state index >= 15 is 0 Å². The number of hydrogen-bond donors (Lipinski definition) is 0. The fourth-order valence-electron chi connectivity index (χ4n) is 1.91. The van der Waals surface area contributed by atoms with Crippen LogP contribution >= 0.6 is 31.9 Å². The maximum absolute atomic E-state index is 12.2. The number of furan rings is 1. The number of rotatable bonds is 3. The monoisotopic (exact) mass is 364 g/mol. The molecule has 0 aromatic carbocycles. The molecule has 94 valence electrons. The zero-order chi connectivity index (χ0) is 12.3. The molecule has 2 heterocycles. The van der Waals surface area contributed by atoms with Gasteiger partial charge in [0, 0.05) is 38.1 Å². The quantitative estimate of drug-likeness (QED) is 0.770. The van der Waals surface area contributed by atoms with E-state index in [-0.39, 0.29) is 5.91 Å². The Kier molecular flexibility index (Phi) is 4.64. The molecule has 6 heteroatoms. The van der Waals surface area contributed by atoms with Crippen LogP contribution in [0.2, 0.25) is 0 Å².